The van der Waals surface area contributed by atoms with Gasteiger partial charge in [-0.3, -0.25) is 0 Å². The first-order chi connectivity index (χ1) is 5.31. The van der Waals surface area contributed by atoms with Gasteiger partial charge in [0.05, 0.1) is 0 Å². The van der Waals surface area contributed by atoms with Gasteiger partial charge < -0.3 is 10.6 Å². The molecule has 2 heteroatoms. The standard InChI is InChI=1S/C9H20N2/c1-4-6-10-8-9(3)11-7-5-2/h4,9-11H,1,5-8H2,2-3H3. The van der Waals surface area contributed by atoms with Gasteiger partial charge in [0.1, 0.15) is 0 Å². The summed E-state index contributed by atoms with van der Waals surface area (Å²) in [4.78, 5) is 0. The van der Waals surface area contributed by atoms with Gasteiger partial charge in [0.15, 0.2) is 0 Å². The summed E-state index contributed by atoms with van der Waals surface area (Å²) in [7, 11) is 0. The Morgan fingerprint density at radius 3 is 2.82 bits per heavy atom. The Labute approximate surface area is 70.1 Å². The summed E-state index contributed by atoms with van der Waals surface area (Å²) < 4.78 is 0. The van der Waals surface area contributed by atoms with Crippen molar-refractivity contribution in [2.45, 2.75) is 26.3 Å². The molecule has 0 saturated heterocycles. The van der Waals surface area contributed by atoms with Gasteiger partial charge in [0.2, 0.25) is 0 Å². The molecule has 0 amide bonds. The van der Waals surface area contributed by atoms with Crippen molar-refractivity contribution in [2.75, 3.05) is 19.6 Å². The molecule has 0 aromatic carbocycles. The predicted octanol–water partition coefficient (Wildman–Crippen LogP) is 1.15. The summed E-state index contributed by atoms with van der Waals surface area (Å²) in [6.45, 7) is 11.0. The van der Waals surface area contributed by atoms with Crippen molar-refractivity contribution < 1.29 is 0 Å². The van der Waals surface area contributed by atoms with Crippen molar-refractivity contribution >= 4 is 0 Å². The summed E-state index contributed by atoms with van der Waals surface area (Å²) in [5.74, 6) is 0. The Balaban J connectivity index is 3.08. The molecule has 2 N–H and O–H groups in total. The highest BCUT2D eigenvalue weighted by Gasteiger charge is 1.96. The SMILES string of the molecule is C=CCNCC(C)NCCC. The molecular weight excluding hydrogens is 136 g/mol. The molecule has 0 fully saturated rings. The van der Waals surface area contributed by atoms with Crippen LogP contribution in [0.5, 0.6) is 0 Å². The van der Waals surface area contributed by atoms with Gasteiger partial charge in [-0.25, -0.2) is 0 Å². The lowest BCUT2D eigenvalue weighted by Gasteiger charge is -2.12. The van der Waals surface area contributed by atoms with Crippen molar-refractivity contribution in [2.24, 2.45) is 0 Å². The average molecular weight is 156 g/mol. The molecular formula is C9H20N2. The molecule has 66 valence electrons. The zero-order valence-corrected chi connectivity index (χ0v) is 7.69. The summed E-state index contributed by atoms with van der Waals surface area (Å²) in [5.41, 5.74) is 0. The van der Waals surface area contributed by atoms with Crippen LogP contribution < -0.4 is 10.6 Å². The first-order valence-corrected chi connectivity index (χ1v) is 4.36. The highest BCUT2D eigenvalue weighted by molar-refractivity contribution is 4.72. The molecule has 0 aromatic rings. The number of nitrogens with one attached hydrogen (secondary N) is 2. The van der Waals surface area contributed by atoms with Crippen LogP contribution in [-0.2, 0) is 0 Å². The summed E-state index contributed by atoms with van der Waals surface area (Å²) in [6, 6.07) is 0.565. The van der Waals surface area contributed by atoms with Crippen molar-refractivity contribution in [3.05, 3.63) is 12.7 Å². The minimum atomic E-state index is 0.565. The maximum absolute atomic E-state index is 3.64. The van der Waals surface area contributed by atoms with E-state index in [0.717, 1.165) is 19.6 Å². The third-order valence-corrected chi connectivity index (χ3v) is 1.48. The van der Waals surface area contributed by atoms with Gasteiger partial charge in [0, 0.05) is 19.1 Å². The van der Waals surface area contributed by atoms with Gasteiger partial charge >= 0.3 is 0 Å². The minimum absolute atomic E-state index is 0.565. The smallest absolute Gasteiger partial charge is 0.0164 e. The van der Waals surface area contributed by atoms with E-state index in [9.17, 15) is 0 Å². The van der Waals surface area contributed by atoms with Gasteiger partial charge in [-0.2, -0.15) is 0 Å². The molecule has 0 aliphatic rings. The fraction of sp³-hybridized carbons (Fsp3) is 0.778. The second-order valence-corrected chi connectivity index (χ2v) is 2.80. The number of hydrogen-bond acceptors (Lipinski definition) is 2. The number of hydrogen-bond donors (Lipinski definition) is 2. The zero-order valence-electron chi connectivity index (χ0n) is 7.69. The molecule has 0 rings (SSSR count). The second kappa shape index (κ2) is 7.76. The van der Waals surface area contributed by atoms with Crippen LogP contribution in [-0.4, -0.2) is 25.7 Å². The van der Waals surface area contributed by atoms with Gasteiger partial charge in [0.25, 0.3) is 0 Å². The van der Waals surface area contributed by atoms with Gasteiger partial charge in [-0.1, -0.05) is 13.0 Å². The van der Waals surface area contributed by atoms with E-state index in [1.165, 1.54) is 6.42 Å². The first-order valence-electron chi connectivity index (χ1n) is 4.36. The van der Waals surface area contributed by atoms with E-state index in [0.29, 0.717) is 6.04 Å². The molecule has 1 atom stereocenters. The van der Waals surface area contributed by atoms with E-state index in [-0.39, 0.29) is 0 Å². The second-order valence-electron chi connectivity index (χ2n) is 2.80. The fourth-order valence-electron chi connectivity index (χ4n) is 0.865. The Kier molecular flexibility index (Phi) is 7.52. The van der Waals surface area contributed by atoms with Crippen molar-refractivity contribution in [1.82, 2.24) is 10.6 Å². The molecule has 0 heterocycles. The first kappa shape index (κ1) is 10.7. The van der Waals surface area contributed by atoms with Gasteiger partial charge in [-0.15, -0.1) is 6.58 Å². The Morgan fingerprint density at radius 1 is 1.55 bits per heavy atom. The van der Waals surface area contributed by atoms with Crippen LogP contribution in [0.4, 0.5) is 0 Å². The highest BCUT2D eigenvalue weighted by atomic mass is 15.0. The van der Waals surface area contributed by atoms with Gasteiger partial charge in [-0.05, 0) is 19.9 Å². The lowest BCUT2D eigenvalue weighted by molar-refractivity contribution is 0.514. The Bertz CT molecular complexity index is 91.6. The lowest BCUT2D eigenvalue weighted by Crippen LogP contribution is -2.36. The van der Waals surface area contributed by atoms with Crippen LogP contribution in [0, 0.1) is 0 Å². The number of rotatable bonds is 7. The lowest BCUT2D eigenvalue weighted by atomic mass is 10.3. The summed E-state index contributed by atoms with van der Waals surface area (Å²) in [6.07, 6.45) is 3.08. The molecule has 0 bridgehead atoms. The maximum Gasteiger partial charge on any atom is 0.0164 e. The largest absolute Gasteiger partial charge is 0.313 e. The average Bonchev–Trinajstić information content (AvgIpc) is 2.01. The molecule has 2 nitrogen and oxygen atoms in total. The maximum atomic E-state index is 3.64. The third-order valence-electron chi connectivity index (χ3n) is 1.48. The van der Waals surface area contributed by atoms with Crippen LogP contribution in [0.25, 0.3) is 0 Å². The molecule has 1 unspecified atom stereocenters. The van der Waals surface area contributed by atoms with Crippen LogP contribution in [0.3, 0.4) is 0 Å². The monoisotopic (exact) mass is 156 g/mol. The molecule has 0 radical (unpaired) electrons. The van der Waals surface area contributed by atoms with Crippen LogP contribution in [0.15, 0.2) is 12.7 Å². The van der Waals surface area contributed by atoms with Crippen LogP contribution in [0.2, 0.25) is 0 Å². The van der Waals surface area contributed by atoms with E-state index in [2.05, 4.69) is 31.1 Å². The highest BCUT2D eigenvalue weighted by Crippen LogP contribution is 1.79. The van der Waals surface area contributed by atoms with Crippen LogP contribution >= 0.6 is 0 Å². The predicted molar refractivity (Wildman–Crippen MR) is 50.8 cm³/mol. The fourth-order valence-corrected chi connectivity index (χ4v) is 0.865. The van der Waals surface area contributed by atoms with E-state index in [1.54, 1.807) is 0 Å². The molecule has 0 saturated carbocycles. The van der Waals surface area contributed by atoms with E-state index < -0.39 is 0 Å². The Morgan fingerprint density at radius 2 is 2.27 bits per heavy atom. The quantitative estimate of drug-likeness (QED) is 0.427. The summed E-state index contributed by atoms with van der Waals surface area (Å²) in [5, 5.41) is 6.66. The normalized spacial score (nSPS) is 12.9. The third kappa shape index (κ3) is 7.56. The molecule has 0 aromatic heterocycles. The molecule has 11 heavy (non-hydrogen) atoms. The molecule has 0 aliphatic carbocycles. The molecule has 0 aliphatic heterocycles. The topological polar surface area (TPSA) is 24.1 Å². The Hall–Kier alpha value is -0.340. The van der Waals surface area contributed by atoms with Crippen molar-refractivity contribution in [1.29, 1.82) is 0 Å². The van der Waals surface area contributed by atoms with Crippen molar-refractivity contribution in [3.8, 4) is 0 Å². The van der Waals surface area contributed by atoms with Crippen molar-refractivity contribution in [3.63, 3.8) is 0 Å². The minimum Gasteiger partial charge on any atom is -0.313 e. The van der Waals surface area contributed by atoms with E-state index in [4.69, 9.17) is 0 Å². The summed E-state index contributed by atoms with van der Waals surface area (Å²) >= 11 is 0. The van der Waals surface area contributed by atoms with Crippen LogP contribution in [0.1, 0.15) is 20.3 Å². The zero-order chi connectivity index (χ0) is 8.53. The molecule has 0 spiro atoms. The van der Waals surface area contributed by atoms with E-state index in [1.807, 2.05) is 6.08 Å². The van der Waals surface area contributed by atoms with E-state index >= 15 is 0 Å².